The summed E-state index contributed by atoms with van der Waals surface area (Å²) in [7, 11) is 0. The quantitative estimate of drug-likeness (QED) is 0.618. The Hall–Kier alpha value is -2.41. The van der Waals surface area contributed by atoms with Crippen LogP contribution in [0, 0.1) is 20.6 Å². The van der Waals surface area contributed by atoms with Gasteiger partial charge in [-0.3, -0.25) is 4.98 Å². The first-order valence-corrected chi connectivity index (χ1v) is 6.50. The highest BCUT2D eigenvalue weighted by molar-refractivity contribution is 5.74. The fourth-order valence-corrected chi connectivity index (χ4v) is 2.17. The fourth-order valence-electron chi connectivity index (χ4n) is 2.17. The van der Waals surface area contributed by atoms with Gasteiger partial charge in [-0.1, -0.05) is 42.5 Å². The van der Waals surface area contributed by atoms with Crippen LogP contribution >= 0.6 is 0 Å². The van der Waals surface area contributed by atoms with Gasteiger partial charge in [-0.15, -0.1) is 0 Å². The molecule has 1 heterocycles. The molecule has 0 unspecified atom stereocenters. The molecule has 0 amide bonds. The lowest BCUT2D eigenvalue weighted by atomic mass is 9.96. The third-order valence-electron chi connectivity index (χ3n) is 3.30. The lowest BCUT2D eigenvalue weighted by molar-refractivity contribution is 1.22. The second-order valence-electron chi connectivity index (χ2n) is 4.74. The van der Waals surface area contributed by atoms with Gasteiger partial charge in [-0.25, -0.2) is 0 Å². The van der Waals surface area contributed by atoms with Crippen LogP contribution in [0.25, 0.3) is 22.4 Å². The van der Waals surface area contributed by atoms with Gasteiger partial charge in [0.2, 0.25) is 0 Å². The summed E-state index contributed by atoms with van der Waals surface area (Å²) in [6.45, 7) is -7.59. The van der Waals surface area contributed by atoms with Crippen molar-refractivity contribution in [1.82, 2.24) is 4.98 Å². The Bertz CT molecular complexity index is 1050. The van der Waals surface area contributed by atoms with E-state index < -0.39 is 20.6 Å². The molecule has 0 aliphatic carbocycles. The second-order valence-corrected chi connectivity index (χ2v) is 4.74. The summed E-state index contributed by atoms with van der Waals surface area (Å²) in [5.74, 6) is 0. The van der Waals surface area contributed by atoms with Crippen LogP contribution in [-0.2, 0) is 0 Å². The van der Waals surface area contributed by atoms with Gasteiger partial charge in [-0.05, 0) is 60.5 Å². The minimum absolute atomic E-state index is 0.160. The standard InChI is InChI=1S/C20H19N/c1-14-9-10-18(20-11-15(2)16(3)13-21-20)12-19(14)17-7-5-4-6-8-17/h4-13H,1-3H3/i1D3,2D3,3D3. The number of rotatable bonds is 2. The van der Waals surface area contributed by atoms with Crippen LogP contribution in [0.4, 0.5) is 0 Å². The molecule has 104 valence electrons. The predicted octanol–water partition coefficient (Wildman–Crippen LogP) is 5.34. The maximum Gasteiger partial charge on any atom is 0.0705 e. The second kappa shape index (κ2) is 5.53. The van der Waals surface area contributed by atoms with Crippen LogP contribution in [0.2, 0.25) is 0 Å². The molecule has 1 nitrogen and oxygen atoms in total. The van der Waals surface area contributed by atoms with Gasteiger partial charge in [0.15, 0.2) is 0 Å². The van der Waals surface area contributed by atoms with E-state index in [2.05, 4.69) is 4.98 Å². The number of hydrogen-bond acceptors (Lipinski definition) is 1. The maximum atomic E-state index is 7.83. The third kappa shape index (κ3) is 2.73. The maximum absolute atomic E-state index is 7.83. The van der Waals surface area contributed by atoms with Crippen molar-refractivity contribution in [3.8, 4) is 22.4 Å². The molecule has 0 aliphatic heterocycles. The van der Waals surface area contributed by atoms with E-state index in [1.54, 1.807) is 36.4 Å². The Labute approximate surface area is 139 Å². The van der Waals surface area contributed by atoms with Crippen LogP contribution in [0.1, 0.15) is 29.0 Å². The molecule has 3 aromatic rings. The van der Waals surface area contributed by atoms with E-state index in [9.17, 15) is 0 Å². The number of hydrogen-bond donors (Lipinski definition) is 0. The smallest absolute Gasteiger partial charge is 0.0705 e. The highest BCUT2D eigenvalue weighted by atomic mass is 14.7. The number of aromatic nitrogens is 1. The van der Waals surface area contributed by atoms with Gasteiger partial charge >= 0.3 is 0 Å². The van der Waals surface area contributed by atoms with E-state index in [0.717, 1.165) is 6.20 Å². The highest BCUT2D eigenvalue weighted by Gasteiger charge is 2.06. The van der Waals surface area contributed by atoms with E-state index in [-0.39, 0.29) is 22.4 Å². The van der Waals surface area contributed by atoms with Gasteiger partial charge < -0.3 is 0 Å². The van der Waals surface area contributed by atoms with Crippen molar-refractivity contribution in [2.75, 3.05) is 0 Å². The molecule has 0 aliphatic rings. The minimum atomic E-state index is -2.64. The summed E-state index contributed by atoms with van der Waals surface area (Å²) in [4.78, 5) is 4.17. The number of nitrogens with zero attached hydrogens (tertiary/aromatic N) is 1. The topological polar surface area (TPSA) is 12.9 Å². The van der Waals surface area contributed by atoms with Crippen molar-refractivity contribution in [2.45, 2.75) is 20.6 Å². The number of pyridine rings is 1. The van der Waals surface area contributed by atoms with Crippen molar-refractivity contribution < 1.29 is 12.3 Å². The Kier molecular flexibility index (Phi) is 1.73. The fraction of sp³-hybridized carbons (Fsp3) is 0.150. The van der Waals surface area contributed by atoms with Crippen molar-refractivity contribution in [3.05, 3.63) is 77.5 Å². The molecule has 3 rings (SSSR count). The third-order valence-corrected chi connectivity index (χ3v) is 3.30. The van der Waals surface area contributed by atoms with E-state index in [4.69, 9.17) is 12.3 Å². The molecule has 2 aromatic carbocycles. The summed E-state index contributed by atoms with van der Waals surface area (Å²) in [6.07, 6.45) is 1.06. The largest absolute Gasteiger partial charge is 0.256 e. The molecule has 0 saturated heterocycles. The first-order valence-electron chi connectivity index (χ1n) is 11.0. The van der Waals surface area contributed by atoms with Gasteiger partial charge in [0.05, 0.1) is 5.69 Å². The zero-order chi connectivity index (χ0) is 22.3. The lowest BCUT2D eigenvalue weighted by Gasteiger charge is -2.10. The van der Waals surface area contributed by atoms with E-state index >= 15 is 0 Å². The average Bonchev–Trinajstić information content (AvgIpc) is 2.65. The van der Waals surface area contributed by atoms with Crippen LogP contribution in [0.3, 0.4) is 0 Å². The molecule has 0 N–H and O–H groups in total. The molecule has 0 atom stereocenters. The summed E-state index contributed by atoms with van der Waals surface area (Å²) < 4.78 is 69.5. The molecule has 1 aromatic heterocycles. The normalized spacial score (nSPS) is 18.8. The van der Waals surface area contributed by atoms with Crippen molar-refractivity contribution >= 4 is 0 Å². The molecule has 0 spiro atoms. The van der Waals surface area contributed by atoms with Crippen molar-refractivity contribution in [2.24, 2.45) is 0 Å². The Balaban J connectivity index is 2.22. The van der Waals surface area contributed by atoms with Gasteiger partial charge in [-0.2, -0.15) is 0 Å². The Morgan fingerprint density at radius 2 is 1.57 bits per heavy atom. The summed E-state index contributed by atoms with van der Waals surface area (Å²) in [5, 5.41) is 0. The van der Waals surface area contributed by atoms with Gasteiger partial charge in [0, 0.05) is 24.1 Å². The van der Waals surface area contributed by atoms with E-state index in [0.29, 0.717) is 16.7 Å². The first-order chi connectivity index (χ1) is 13.8. The van der Waals surface area contributed by atoms with Crippen LogP contribution in [-0.4, -0.2) is 4.98 Å². The molecule has 0 fully saturated rings. The zero-order valence-corrected chi connectivity index (χ0v) is 11.2. The van der Waals surface area contributed by atoms with Gasteiger partial charge in [0.1, 0.15) is 0 Å². The first kappa shape index (κ1) is 6.57. The molecule has 0 saturated carbocycles. The monoisotopic (exact) mass is 282 g/mol. The zero-order valence-electron chi connectivity index (χ0n) is 20.2. The number of benzene rings is 2. The SMILES string of the molecule is [2H]C([2H])([2H])c1ccc(-c2cc(C([2H])([2H])[2H])c(C([2H])([2H])[2H])cn2)cc1-c1ccccc1. The average molecular weight is 282 g/mol. The Morgan fingerprint density at radius 1 is 0.762 bits per heavy atom. The molecule has 0 bridgehead atoms. The number of aryl methyl sites for hydroxylation is 3. The molecule has 1 heteroatoms. The van der Waals surface area contributed by atoms with Crippen LogP contribution < -0.4 is 0 Å². The highest BCUT2D eigenvalue weighted by Crippen LogP contribution is 2.29. The van der Waals surface area contributed by atoms with Crippen LogP contribution in [0.15, 0.2) is 60.8 Å². The van der Waals surface area contributed by atoms with Crippen molar-refractivity contribution in [1.29, 1.82) is 0 Å². The van der Waals surface area contributed by atoms with Gasteiger partial charge in [0.25, 0.3) is 0 Å². The Morgan fingerprint density at radius 3 is 2.33 bits per heavy atom. The van der Waals surface area contributed by atoms with Crippen LogP contribution in [0.5, 0.6) is 0 Å². The summed E-state index contributed by atoms with van der Waals surface area (Å²) >= 11 is 0. The molecule has 0 radical (unpaired) electrons. The van der Waals surface area contributed by atoms with E-state index in [1.807, 2.05) is 6.07 Å². The predicted molar refractivity (Wildman–Crippen MR) is 89.3 cm³/mol. The minimum Gasteiger partial charge on any atom is -0.256 e. The molecular formula is C20H19N. The van der Waals surface area contributed by atoms with E-state index in [1.165, 1.54) is 12.1 Å². The lowest BCUT2D eigenvalue weighted by Crippen LogP contribution is -1.90. The molecular weight excluding hydrogens is 254 g/mol. The summed E-state index contributed by atoms with van der Waals surface area (Å²) in [6, 6.07) is 14.9. The molecule has 21 heavy (non-hydrogen) atoms. The summed E-state index contributed by atoms with van der Waals surface area (Å²) in [5.41, 5.74) is 1.45. The van der Waals surface area contributed by atoms with Crippen molar-refractivity contribution in [3.63, 3.8) is 0 Å².